The minimum Gasteiger partial charge on any atom is -0.508 e. The van der Waals surface area contributed by atoms with Gasteiger partial charge in [-0.25, -0.2) is 0 Å². The van der Waals surface area contributed by atoms with Gasteiger partial charge in [-0.2, -0.15) is 0 Å². The lowest BCUT2D eigenvalue weighted by atomic mass is 10.0. The number of phenols is 2. The first-order valence-electron chi connectivity index (χ1n) is 7.05. The summed E-state index contributed by atoms with van der Waals surface area (Å²) < 4.78 is 5.77. The molecule has 2 N–H and O–H groups in total. The average Bonchev–Trinajstić information content (AvgIpc) is 2.98. The largest absolute Gasteiger partial charge is 0.508 e. The molecule has 0 atom stereocenters. The Morgan fingerprint density at radius 1 is 1.04 bits per heavy atom. The monoisotopic (exact) mass is 324 g/mol. The predicted molar refractivity (Wildman–Crippen MR) is 87.6 cm³/mol. The molecule has 0 spiro atoms. The van der Waals surface area contributed by atoms with Crippen LogP contribution in [-0.2, 0) is 6.42 Å². The number of Topliss-reactive ketones (excluding diaryl/α,β-unsaturated/α-hetero) is 1. The van der Waals surface area contributed by atoms with Gasteiger partial charge in [0.15, 0.2) is 5.78 Å². The van der Waals surface area contributed by atoms with Gasteiger partial charge in [0, 0.05) is 29.0 Å². The number of hydrogen-bond acceptors (Lipinski definition) is 5. The fraction of sp³-hybridized carbons (Fsp3) is 0.0556. The van der Waals surface area contributed by atoms with Crippen molar-refractivity contribution >= 4 is 17.1 Å². The maximum absolute atomic E-state index is 12.5. The number of ether oxygens (including phenoxy) is 1. The smallest absolute Gasteiger partial charge is 0.174 e. The van der Waals surface area contributed by atoms with Gasteiger partial charge in [0.05, 0.1) is 0 Å². The third kappa shape index (κ3) is 2.35. The van der Waals surface area contributed by atoms with Crippen LogP contribution in [0.2, 0.25) is 0 Å². The van der Waals surface area contributed by atoms with Crippen LogP contribution in [-0.4, -0.2) is 16.0 Å². The number of phenolic OH excluding ortho intramolecular Hbond substituents is 2. The molecule has 4 nitrogen and oxygen atoms in total. The molecule has 1 aliphatic heterocycles. The molecular formula is C18H12O4S. The minimum absolute atomic E-state index is 0.108. The third-order valence-corrected chi connectivity index (χ3v) is 4.70. The molecule has 3 aromatic rings. The maximum atomic E-state index is 12.5. The molecule has 0 amide bonds. The highest BCUT2D eigenvalue weighted by atomic mass is 32.1. The van der Waals surface area contributed by atoms with Crippen LogP contribution in [0.1, 0.15) is 15.9 Å². The summed E-state index contributed by atoms with van der Waals surface area (Å²) in [5.41, 5.74) is 1.89. The van der Waals surface area contributed by atoms with Crippen molar-refractivity contribution in [1.82, 2.24) is 0 Å². The molecule has 0 bridgehead atoms. The number of aromatic hydroxyl groups is 2. The summed E-state index contributed by atoms with van der Waals surface area (Å²) in [5.74, 6) is 0.0844. The van der Waals surface area contributed by atoms with E-state index in [2.05, 4.69) is 0 Å². The van der Waals surface area contributed by atoms with Crippen molar-refractivity contribution in [1.29, 1.82) is 0 Å². The number of hydrogen-bond donors (Lipinski definition) is 2. The van der Waals surface area contributed by atoms with Gasteiger partial charge in [0.25, 0.3) is 0 Å². The van der Waals surface area contributed by atoms with Gasteiger partial charge in [0.2, 0.25) is 0 Å². The van der Waals surface area contributed by atoms with E-state index in [0.29, 0.717) is 5.75 Å². The molecule has 0 radical (unpaired) electrons. The van der Waals surface area contributed by atoms with Crippen LogP contribution in [0.25, 0.3) is 10.4 Å². The van der Waals surface area contributed by atoms with Crippen LogP contribution >= 0.6 is 11.3 Å². The fourth-order valence-corrected chi connectivity index (χ4v) is 3.46. The quantitative estimate of drug-likeness (QED) is 0.698. The predicted octanol–water partition coefficient (Wildman–Crippen LogP) is 4.36. The van der Waals surface area contributed by atoms with Crippen molar-refractivity contribution in [2.24, 2.45) is 0 Å². The number of thiophene rings is 1. The van der Waals surface area contributed by atoms with Crippen LogP contribution in [0.5, 0.6) is 23.0 Å². The second-order valence-electron chi connectivity index (χ2n) is 5.34. The van der Waals surface area contributed by atoms with Gasteiger partial charge in [-0.05, 0) is 35.2 Å². The van der Waals surface area contributed by atoms with E-state index in [4.69, 9.17) is 4.74 Å². The summed E-state index contributed by atoms with van der Waals surface area (Å²) >= 11 is 1.63. The number of ketones is 1. The van der Waals surface area contributed by atoms with Gasteiger partial charge in [0.1, 0.15) is 28.6 Å². The third-order valence-electron chi connectivity index (χ3n) is 3.78. The zero-order chi connectivity index (χ0) is 16.0. The minimum atomic E-state index is -0.267. The average molecular weight is 324 g/mol. The van der Waals surface area contributed by atoms with Gasteiger partial charge in [-0.15, -0.1) is 11.3 Å². The summed E-state index contributed by atoms with van der Waals surface area (Å²) in [6.07, 6.45) is 0.139. The SMILES string of the molecule is O=C1Cc2cc(-c3cccs3)ccc2Oc2cc(O)cc(O)c21. The summed E-state index contributed by atoms with van der Waals surface area (Å²) in [6, 6.07) is 12.2. The van der Waals surface area contributed by atoms with E-state index in [1.54, 1.807) is 11.3 Å². The Morgan fingerprint density at radius 3 is 2.70 bits per heavy atom. The van der Waals surface area contributed by atoms with Crippen molar-refractivity contribution < 1.29 is 19.7 Å². The Kier molecular flexibility index (Phi) is 3.09. The second-order valence-corrected chi connectivity index (χ2v) is 6.29. The van der Waals surface area contributed by atoms with E-state index in [-0.39, 0.29) is 35.0 Å². The molecule has 2 heterocycles. The van der Waals surface area contributed by atoms with Crippen molar-refractivity contribution in [2.45, 2.75) is 6.42 Å². The maximum Gasteiger partial charge on any atom is 0.174 e. The molecule has 1 aliphatic rings. The van der Waals surface area contributed by atoms with E-state index in [1.807, 2.05) is 35.7 Å². The van der Waals surface area contributed by atoms with Gasteiger partial charge in [-0.1, -0.05) is 6.07 Å². The van der Waals surface area contributed by atoms with E-state index in [0.717, 1.165) is 22.1 Å². The van der Waals surface area contributed by atoms with E-state index >= 15 is 0 Å². The topological polar surface area (TPSA) is 66.8 Å². The molecule has 2 aromatic carbocycles. The van der Waals surface area contributed by atoms with Gasteiger partial charge < -0.3 is 14.9 Å². The highest BCUT2D eigenvalue weighted by molar-refractivity contribution is 7.13. The summed E-state index contributed by atoms with van der Waals surface area (Å²) in [6.45, 7) is 0. The Labute approximate surface area is 136 Å². The standard InChI is InChI=1S/C18H12O4S/c19-12-8-14(21)18-13(20)7-11-6-10(17-2-1-5-23-17)3-4-15(11)22-16(18)9-12/h1-6,8-9,19,21H,7H2. The highest BCUT2D eigenvalue weighted by Crippen LogP contribution is 2.41. The lowest BCUT2D eigenvalue weighted by Gasteiger charge is -2.10. The highest BCUT2D eigenvalue weighted by Gasteiger charge is 2.25. The summed E-state index contributed by atoms with van der Waals surface area (Å²) in [4.78, 5) is 13.6. The molecule has 0 unspecified atom stereocenters. The number of rotatable bonds is 1. The molecule has 1 aromatic heterocycles. The fourth-order valence-electron chi connectivity index (χ4n) is 2.74. The van der Waals surface area contributed by atoms with Crippen LogP contribution in [0.3, 0.4) is 0 Å². The summed E-state index contributed by atoms with van der Waals surface area (Å²) in [7, 11) is 0. The molecule has 0 saturated carbocycles. The van der Waals surface area contributed by atoms with Crippen molar-refractivity contribution in [3.8, 4) is 33.4 Å². The first-order chi connectivity index (χ1) is 11.1. The lowest BCUT2D eigenvalue weighted by molar-refractivity contribution is 0.0991. The van der Waals surface area contributed by atoms with Crippen molar-refractivity contribution in [2.75, 3.05) is 0 Å². The van der Waals surface area contributed by atoms with E-state index < -0.39 is 0 Å². The van der Waals surface area contributed by atoms with Crippen molar-refractivity contribution in [3.05, 3.63) is 59.0 Å². The number of fused-ring (bicyclic) bond motifs is 2. The van der Waals surface area contributed by atoms with E-state index in [1.165, 1.54) is 6.07 Å². The molecule has 23 heavy (non-hydrogen) atoms. The molecule has 0 aliphatic carbocycles. The van der Waals surface area contributed by atoms with E-state index in [9.17, 15) is 15.0 Å². The molecule has 5 heteroatoms. The Morgan fingerprint density at radius 2 is 1.91 bits per heavy atom. The zero-order valence-electron chi connectivity index (χ0n) is 11.9. The lowest BCUT2D eigenvalue weighted by Crippen LogP contribution is -2.02. The molecule has 0 fully saturated rings. The Hall–Kier alpha value is -2.79. The van der Waals surface area contributed by atoms with Gasteiger partial charge in [-0.3, -0.25) is 4.79 Å². The zero-order valence-corrected chi connectivity index (χ0v) is 12.8. The number of carbonyl (C=O) groups is 1. The Bertz CT molecular complexity index is 913. The van der Waals surface area contributed by atoms with Crippen LogP contribution in [0.15, 0.2) is 47.8 Å². The van der Waals surface area contributed by atoms with Crippen LogP contribution < -0.4 is 4.74 Å². The molecule has 114 valence electrons. The van der Waals surface area contributed by atoms with Crippen LogP contribution in [0.4, 0.5) is 0 Å². The normalized spacial score (nSPS) is 13.0. The molecule has 0 saturated heterocycles. The molecular weight excluding hydrogens is 312 g/mol. The van der Waals surface area contributed by atoms with Crippen LogP contribution in [0, 0.1) is 0 Å². The Balaban J connectivity index is 1.83. The second kappa shape index (κ2) is 5.14. The van der Waals surface area contributed by atoms with Crippen molar-refractivity contribution in [3.63, 3.8) is 0 Å². The number of carbonyl (C=O) groups excluding carboxylic acids is 1. The summed E-state index contributed by atoms with van der Waals surface area (Å²) in [5, 5.41) is 21.6. The first kappa shape index (κ1) is 13.8. The number of benzene rings is 2. The van der Waals surface area contributed by atoms with Gasteiger partial charge >= 0.3 is 0 Å². The molecule has 4 rings (SSSR count). The first-order valence-corrected chi connectivity index (χ1v) is 7.93.